The minimum absolute atomic E-state index is 0.161. The first-order valence-electron chi connectivity index (χ1n) is 4.26. The van der Waals surface area contributed by atoms with Crippen LogP contribution in [0.5, 0.6) is 0 Å². The average molecular weight is 293 g/mol. The maximum Gasteiger partial charge on any atom is 0.123 e. The maximum atomic E-state index is 12.8. The molecule has 0 aliphatic rings. The van der Waals surface area contributed by atoms with Gasteiger partial charge in [0, 0.05) is 35.5 Å². The maximum absolute atomic E-state index is 12.8. The van der Waals surface area contributed by atoms with Crippen LogP contribution in [0, 0.1) is 5.82 Å². The lowest BCUT2D eigenvalue weighted by molar-refractivity contribution is 0.425. The molecule has 0 aliphatic carbocycles. The molecule has 0 heterocycles. The normalized spacial score (nSPS) is 11.2. The molecule has 0 saturated heterocycles. The molecule has 13 heavy (non-hydrogen) atoms. The fraction of sp³-hybridized carbons (Fsp3) is 0.400. The van der Waals surface area contributed by atoms with E-state index in [0.717, 1.165) is 12.1 Å². The Kier molecular flexibility index (Phi) is 4.12. The van der Waals surface area contributed by atoms with Crippen LogP contribution < -0.4 is 0 Å². The molecule has 0 unspecified atom stereocenters. The summed E-state index contributed by atoms with van der Waals surface area (Å²) in [5, 5.41) is 0. The van der Waals surface area contributed by atoms with Crippen LogP contribution >= 0.6 is 22.9 Å². The van der Waals surface area contributed by atoms with Gasteiger partial charge in [0.1, 0.15) is 5.82 Å². The van der Waals surface area contributed by atoms with Crippen molar-refractivity contribution in [2.45, 2.75) is 26.4 Å². The molecule has 0 aliphatic heterocycles. The number of benzene rings is 1. The van der Waals surface area contributed by atoms with Crippen molar-refractivity contribution in [3.8, 4) is 0 Å². The van der Waals surface area contributed by atoms with Crippen LogP contribution in [0.25, 0.3) is 0 Å². The SMILES string of the molecule is CC(C)N(I)Cc1cccc(F)c1. The Morgan fingerprint density at radius 3 is 2.69 bits per heavy atom. The van der Waals surface area contributed by atoms with Gasteiger partial charge in [0.25, 0.3) is 0 Å². The van der Waals surface area contributed by atoms with E-state index in [9.17, 15) is 4.39 Å². The van der Waals surface area contributed by atoms with Crippen LogP contribution in [0.2, 0.25) is 0 Å². The van der Waals surface area contributed by atoms with E-state index in [-0.39, 0.29) is 5.82 Å². The van der Waals surface area contributed by atoms with Crippen molar-refractivity contribution in [3.63, 3.8) is 0 Å². The smallest absolute Gasteiger partial charge is 0.123 e. The van der Waals surface area contributed by atoms with Crippen LogP contribution in [0.1, 0.15) is 19.4 Å². The highest BCUT2D eigenvalue weighted by molar-refractivity contribution is 14.1. The monoisotopic (exact) mass is 293 g/mol. The van der Waals surface area contributed by atoms with Gasteiger partial charge in [0.05, 0.1) is 0 Å². The Labute approximate surface area is 92.4 Å². The molecule has 0 saturated carbocycles. The molecular formula is C10H13FIN. The second-order valence-electron chi connectivity index (χ2n) is 3.28. The summed E-state index contributed by atoms with van der Waals surface area (Å²) >= 11 is 2.26. The van der Waals surface area contributed by atoms with E-state index in [1.54, 1.807) is 12.1 Å². The lowest BCUT2D eigenvalue weighted by Crippen LogP contribution is -2.19. The van der Waals surface area contributed by atoms with E-state index in [1.807, 2.05) is 6.07 Å². The van der Waals surface area contributed by atoms with Crippen molar-refractivity contribution < 1.29 is 4.39 Å². The van der Waals surface area contributed by atoms with Gasteiger partial charge in [-0.05, 0) is 31.5 Å². The fourth-order valence-corrected chi connectivity index (χ4v) is 1.39. The van der Waals surface area contributed by atoms with E-state index in [2.05, 4.69) is 39.8 Å². The molecule has 0 spiro atoms. The fourth-order valence-electron chi connectivity index (χ4n) is 0.992. The molecule has 3 heteroatoms. The van der Waals surface area contributed by atoms with Crippen LogP contribution in [0.4, 0.5) is 4.39 Å². The second-order valence-corrected chi connectivity index (χ2v) is 4.52. The van der Waals surface area contributed by atoms with Crippen molar-refractivity contribution in [2.24, 2.45) is 0 Å². The predicted octanol–water partition coefficient (Wildman–Crippen LogP) is 3.39. The van der Waals surface area contributed by atoms with Gasteiger partial charge in [-0.2, -0.15) is 0 Å². The van der Waals surface area contributed by atoms with Crippen LogP contribution in [0.15, 0.2) is 24.3 Å². The molecule has 0 bridgehead atoms. The largest absolute Gasteiger partial charge is 0.241 e. The van der Waals surface area contributed by atoms with Gasteiger partial charge in [-0.15, -0.1) is 0 Å². The Hall–Kier alpha value is -0.160. The van der Waals surface area contributed by atoms with E-state index < -0.39 is 0 Å². The zero-order valence-corrected chi connectivity index (χ0v) is 9.95. The minimum atomic E-state index is -0.161. The molecule has 1 nitrogen and oxygen atoms in total. The summed E-state index contributed by atoms with van der Waals surface area (Å²) in [4.78, 5) is 0. The number of halogens is 2. The molecule has 1 rings (SSSR count). The highest BCUT2D eigenvalue weighted by atomic mass is 127. The third kappa shape index (κ3) is 3.60. The highest BCUT2D eigenvalue weighted by Gasteiger charge is 2.05. The topological polar surface area (TPSA) is 3.24 Å². The molecule has 72 valence electrons. The average Bonchev–Trinajstić information content (AvgIpc) is 2.04. The molecule has 0 fully saturated rings. The zero-order valence-electron chi connectivity index (χ0n) is 7.80. The Bertz CT molecular complexity index is 275. The van der Waals surface area contributed by atoms with Gasteiger partial charge in [-0.3, -0.25) is 0 Å². The quantitative estimate of drug-likeness (QED) is 0.610. The Morgan fingerprint density at radius 1 is 1.46 bits per heavy atom. The summed E-state index contributed by atoms with van der Waals surface area (Å²) in [6.45, 7) is 5.02. The highest BCUT2D eigenvalue weighted by Crippen LogP contribution is 2.13. The van der Waals surface area contributed by atoms with Gasteiger partial charge in [0.15, 0.2) is 0 Å². The first kappa shape index (κ1) is 10.9. The molecule has 0 radical (unpaired) electrons. The van der Waals surface area contributed by atoms with Gasteiger partial charge in [-0.1, -0.05) is 12.1 Å². The summed E-state index contributed by atoms with van der Waals surface area (Å²) in [5.74, 6) is -0.161. The first-order valence-corrected chi connectivity index (χ1v) is 5.23. The van der Waals surface area contributed by atoms with Crippen molar-refractivity contribution >= 4 is 22.9 Å². The van der Waals surface area contributed by atoms with Gasteiger partial charge in [0.2, 0.25) is 0 Å². The summed E-state index contributed by atoms with van der Waals surface area (Å²) in [6, 6.07) is 7.21. The van der Waals surface area contributed by atoms with Crippen molar-refractivity contribution in [1.29, 1.82) is 0 Å². The van der Waals surface area contributed by atoms with E-state index in [4.69, 9.17) is 0 Å². The molecule has 1 aromatic rings. The summed E-state index contributed by atoms with van der Waals surface area (Å²) in [7, 11) is 0. The molecule has 1 aromatic carbocycles. The molecular weight excluding hydrogens is 280 g/mol. The van der Waals surface area contributed by atoms with Crippen LogP contribution in [-0.4, -0.2) is 9.16 Å². The molecule has 0 aromatic heterocycles. The van der Waals surface area contributed by atoms with Crippen molar-refractivity contribution in [2.75, 3.05) is 0 Å². The van der Waals surface area contributed by atoms with Gasteiger partial charge in [-0.25, -0.2) is 7.50 Å². The second kappa shape index (κ2) is 4.91. The van der Waals surface area contributed by atoms with Crippen molar-refractivity contribution in [3.05, 3.63) is 35.6 Å². The number of rotatable bonds is 3. The Morgan fingerprint density at radius 2 is 2.15 bits per heavy atom. The van der Waals surface area contributed by atoms with Gasteiger partial charge >= 0.3 is 0 Å². The standard InChI is InChI=1S/C10H13FIN/c1-8(2)13(12)7-9-4-3-5-10(11)6-9/h3-6,8H,7H2,1-2H3. The van der Waals surface area contributed by atoms with Gasteiger partial charge < -0.3 is 0 Å². The summed E-state index contributed by atoms with van der Waals surface area (Å²) in [5.41, 5.74) is 1.02. The van der Waals surface area contributed by atoms with E-state index in [0.29, 0.717) is 6.04 Å². The van der Waals surface area contributed by atoms with E-state index >= 15 is 0 Å². The summed E-state index contributed by atoms with van der Waals surface area (Å²) < 4.78 is 14.9. The minimum Gasteiger partial charge on any atom is -0.241 e. The molecule has 0 amide bonds. The van der Waals surface area contributed by atoms with Crippen LogP contribution in [0.3, 0.4) is 0 Å². The van der Waals surface area contributed by atoms with Crippen molar-refractivity contribution in [1.82, 2.24) is 3.11 Å². The molecule has 0 N–H and O–H groups in total. The zero-order chi connectivity index (χ0) is 9.84. The molecule has 0 atom stereocenters. The van der Waals surface area contributed by atoms with E-state index in [1.165, 1.54) is 6.07 Å². The number of hydrogen-bond donors (Lipinski definition) is 0. The number of nitrogens with zero attached hydrogens (tertiary/aromatic N) is 1. The third-order valence-electron chi connectivity index (χ3n) is 1.78. The first-order chi connectivity index (χ1) is 6.09. The van der Waals surface area contributed by atoms with Crippen LogP contribution in [-0.2, 0) is 6.54 Å². The number of hydrogen-bond acceptors (Lipinski definition) is 1. The predicted molar refractivity (Wildman–Crippen MR) is 61.1 cm³/mol. The third-order valence-corrected chi connectivity index (χ3v) is 3.24. The summed E-state index contributed by atoms with van der Waals surface area (Å²) in [6.07, 6.45) is 0. The Balaban J connectivity index is 2.64. The lowest BCUT2D eigenvalue weighted by atomic mass is 10.2. The lowest BCUT2D eigenvalue weighted by Gasteiger charge is -2.18.